The summed E-state index contributed by atoms with van der Waals surface area (Å²) < 4.78 is 48.7. The summed E-state index contributed by atoms with van der Waals surface area (Å²) in [5.74, 6) is -3.74. The number of aliphatic hydroxyl groups is 1. The number of anilines is 2. The highest BCUT2D eigenvalue weighted by atomic mass is 19.2. The lowest BCUT2D eigenvalue weighted by atomic mass is 10.0. The molecule has 1 atom stereocenters. The van der Waals surface area contributed by atoms with Crippen molar-refractivity contribution in [1.82, 2.24) is 10.3 Å². The predicted molar refractivity (Wildman–Crippen MR) is 95.0 cm³/mol. The molecule has 4 rings (SSSR count). The Kier molecular flexibility index (Phi) is 4.74. The molecule has 29 heavy (non-hydrogen) atoms. The van der Waals surface area contributed by atoms with E-state index in [1.807, 2.05) is 0 Å². The zero-order valence-electron chi connectivity index (χ0n) is 14.9. The van der Waals surface area contributed by atoms with E-state index in [1.165, 1.54) is 17.0 Å². The van der Waals surface area contributed by atoms with Gasteiger partial charge in [-0.2, -0.15) is 0 Å². The number of rotatable bonds is 4. The van der Waals surface area contributed by atoms with Gasteiger partial charge in [0.1, 0.15) is 17.7 Å². The second-order valence-electron chi connectivity index (χ2n) is 6.47. The summed E-state index contributed by atoms with van der Waals surface area (Å²) in [6.45, 7) is 0.116. The van der Waals surface area contributed by atoms with Crippen molar-refractivity contribution >= 4 is 23.6 Å². The van der Waals surface area contributed by atoms with Crippen LogP contribution in [0, 0.1) is 17.5 Å². The first kappa shape index (κ1) is 19.0. The summed E-state index contributed by atoms with van der Waals surface area (Å²) in [6.07, 6.45) is -0.787. The maximum Gasteiger partial charge on any atom is 0.414 e. The molecule has 1 unspecified atom stereocenters. The quantitative estimate of drug-likeness (QED) is 0.755. The minimum absolute atomic E-state index is 0.0361. The number of nitrogens with one attached hydrogen (secondary N) is 1. The zero-order chi connectivity index (χ0) is 20.7. The van der Waals surface area contributed by atoms with Gasteiger partial charge in [0.15, 0.2) is 11.6 Å². The Morgan fingerprint density at radius 3 is 2.59 bits per heavy atom. The molecule has 0 bridgehead atoms. The molecule has 2 aliphatic heterocycles. The number of hydrogen-bond acceptors (Lipinski definition) is 5. The van der Waals surface area contributed by atoms with Crippen molar-refractivity contribution in [3.63, 3.8) is 0 Å². The minimum atomic E-state index is -1.49. The molecular weight excluding hydrogens is 393 g/mol. The van der Waals surface area contributed by atoms with Crippen molar-refractivity contribution in [3.8, 4) is 11.1 Å². The van der Waals surface area contributed by atoms with Gasteiger partial charge in [-0.15, -0.1) is 0 Å². The topological polar surface area (TPSA) is 95.0 Å². The van der Waals surface area contributed by atoms with Crippen molar-refractivity contribution in [1.29, 1.82) is 0 Å². The average Bonchev–Trinajstić information content (AvgIpc) is 3.30. The molecule has 0 radical (unpaired) electrons. The molecule has 11 heteroatoms. The van der Waals surface area contributed by atoms with Crippen LogP contribution in [0.15, 0.2) is 24.4 Å². The van der Waals surface area contributed by atoms with E-state index in [-0.39, 0.29) is 24.0 Å². The maximum absolute atomic E-state index is 14.7. The molecule has 8 nitrogen and oxygen atoms in total. The number of aliphatic hydroxyl groups excluding tert-OH is 1. The van der Waals surface area contributed by atoms with E-state index in [2.05, 4.69) is 10.3 Å². The van der Waals surface area contributed by atoms with Crippen LogP contribution in [0.2, 0.25) is 0 Å². The van der Waals surface area contributed by atoms with E-state index < -0.39 is 47.5 Å². The lowest BCUT2D eigenvalue weighted by Gasteiger charge is -2.17. The number of carbonyl (C=O) groups excluding carboxylic acids is 2. The number of amides is 3. The number of hydrogen-bond donors (Lipinski definition) is 2. The Hall–Kier alpha value is -3.34. The Morgan fingerprint density at radius 1 is 1.21 bits per heavy atom. The highest BCUT2D eigenvalue weighted by molar-refractivity contribution is 5.93. The molecule has 152 valence electrons. The molecule has 0 saturated carbocycles. The van der Waals surface area contributed by atoms with Crippen LogP contribution in [0.5, 0.6) is 0 Å². The van der Waals surface area contributed by atoms with Crippen molar-refractivity contribution < 1.29 is 32.6 Å². The van der Waals surface area contributed by atoms with E-state index in [9.17, 15) is 22.8 Å². The molecule has 0 aliphatic carbocycles. The van der Waals surface area contributed by atoms with Gasteiger partial charge in [0.05, 0.1) is 24.4 Å². The van der Waals surface area contributed by atoms with Crippen molar-refractivity contribution in [3.05, 3.63) is 41.8 Å². The zero-order valence-corrected chi connectivity index (χ0v) is 14.9. The summed E-state index contributed by atoms with van der Waals surface area (Å²) in [4.78, 5) is 29.6. The molecule has 1 aromatic carbocycles. The van der Waals surface area contributed by atoms with Crippen LogP contribution in [0.4, 0.5) is 34.3 Å². The second-order valence-corrected chi connectivity index (χ2v) is 6.47. The summed E-state index contributed by atoms with van der Waals surface area (Å²) in [6, 6.07) is 3.07. The van der Waals surface area contributed by atoms with Gasteiger partial charge < -0.3 is 15.2 Å². The molecule has 2 aromatic rings. The first-order valence-electron chi connectivity index (χ1n) is 8.69. The van der Waals surface area contributed by atoms with E-state index in [0.717, 1.165) is 11.1 Å². The van der Waals surface area contributed by atoms with Gasteiger partial charge in [-0.25, -0.2) is 27.7 Å². The number of urea groups is 1. The van der Waals surface area contributed by atoms with E-state index in [0.29, 0.717) is 19.2 Å². The van der Waals surface area contributed by atoms with Crippen LogP contribution >= 0.6 is 0 Å². The number of halogens is 3. The molecule has 2 saturated heterocycles. The van der Waals surface area contributed by atoms with Crippen LogP contribution < -0.4 is 15.1 Å². The Bertz CT molecular complexity index is 986. The van der Waals surface area contributed by atoms with Crippen LogP contribution in [0.25, 0.3) is 11.1 Å². The SMILES string of the molecule is O=C1NCCN1c1ccc(-c2c(F)cc(N3CC(CO)OC3=O)c(F)c2F)cn1. The third kappa shape index (κ3) is 3.23. The summed E-state index contributed by atoms with van der Waals surface area (Å²) in [5, 5.41) is 11.7. The lowest BCUT2D eigenvalue weighted by Crippen LogP contribution is -2.28. The fourth-order valence-corrected chi connectivity index (χ4v) is 3.24. The largest absolute Gasteiger partial charge is 0.441 e. The second kappa shape index (κ2) is 7.24. The summed E-state index contributed by atoms with van der Waals surface area (Å²) in [5.41, 5.74) is -1.31. The van der Waals surface area contributed by atoms with Gasteiger partial charge in [0.25, 0.3) is 0 Å². The number of nitrogens with zero attached hydrogens (tertiary/aromatic N) is 3. The number of aromatic nitrogens is 1. The van der Waals surface area contributed by atoms with Crippen molar-refractivity contribution in [2.75, 3.05) is 36.0 Å². The molecule has 3 heterocycles. The fraction of sp³-hybridized carbons (Fsp3) is 0.278. The molecular formula is C18H15F3N4O4. The summed E-state index contributed by atoms with van der Waals surface area (Å²) >= 11 is 0. The molecule has 2 aliphatic rings. The third-order valence-corrected chi connectivity index (χ3v) is 4.68. The molecule has 2 N–H and O–H groups in total. The van der Waals surface area contributed by atoms with Crippen molar-refractivity contribution in [2.24, 2.45) is 0 Å². The smallest absolute Gasteiger partial charge is 0.414 e. The number of ether oxygens (including phenoxy) is 1. The Balaban J connectivity index is 1.68. The van der Waals surface area contributed by atoms with Gasteiger partial charge >= 0.3 is 12.1 Å². The molecule has 3 amide bonds. The number of benzene rings is 1. The van der Waals surface area contributed by atoms with Gasteiger partial charge in [-0.05, 0) is 12.1 Å². The van der Waals surface area contributed by atoms with Crippen LogP contribution in [-0.2, 0) is 4.74 Å². The standard InChI is InChI=1S/C18H15F3N4O4/c19-11-5-12(25-7-10(8-26)29-18(25)28)15(20)16(21)14(11)9-1-2-13(23-6-9)24-4-3-22-17(24)27/h1-2,5-6,10,26H,3-4,7-8H2,(H,22,27). The minimum Gasteiger partial charge on any atom is -0.441 e. The molecule has 1 aromatic heterocycles. The van der Waals surface area contributed by atoms with Gasteiger partial charge in [-0.3, -0.25) is 9.80 Å². The fourth-order valence-electron chi connectivity index (χ4n) is 3.24. The Labute approximate surface area is 162 Å². The van der Waals surface area contributed by atoms with E-state index >= 15 is 0 Å². The van der Waals surface area contributed by atoms with Gasteiger partial charge in [0.2, 0.25) is 0 Å². The van der Waals surface area contributed by atoms with Gasteiger partial charge in [0, 0.05) is 30.9 Å². The van der Waals surface area contributed by atoms with Crippen LogP contribution in [0.1, 0.15) is 0 Å². The third-order valence-electron chi connectivity index (χ3n) is 4.68. The van der Waals surface area contributed by atoms with Gasteiger partial charge in [-0.1, -0.05) is 0 Å². The highest BCUT2D eigenvalue weighted by Gasteiger charge is 2.35. The monoisotopic (exact) mass is 408 g/mol. The predicted octanol–water partition coefficient (Wildman–Crippen LogP) is 2.01. The van der Waals surface area contributed by atoms with Crippen LogP contribution in [0.3, 0.4) is 0 Å². The Morgan fingerprint density at radius 2 is 2.00 bits per heavy atom. The first-order valence-corrected chi connectivity index (χ1v) is 8.69. The molecule has 2 fully saturated rings. The van der Waals surface area contributed by atoms with Crippen molar-refractivity contribution in [2.45, 2.75) is 6.10 Å². The van der Waals surface area contributed by atoms with E-state index in [4.69, 9.17) is 9.84 Å². The normalized spacial score (nSPS) is 19.0. The highest BCUT2D eigenvalue weighted by Crippen LogP contribution is 2.35. The maximum atomic E-state index is 14.7. The number of pyridine rings is 1. The summed E-state index contributed by atoms with van der Waals surface area (Å²) in [7, 11) is 0. The average molecular weight is 408 g/mol. The first-order chi connectivity index (χ1) is 13.9. The number of carbonyl (C=O) groups is 2. The lowest BCUT2D eigenvalue weighted by molar-refractivity contribution is 0.0963. The van der Waals surface area contributed by atoms with Crippen LogP contribution in [-0.4, -0.2) is 54.6 Å². The molecule has 0 spiro atoms. The number of cyclic esters (lactones) is 1. The van der Waals surface area contributed by atoms with E-state index in [1.54, 1.807) is 0 Å².